The molecule has 1 N–H and O–H groups in total. The van der Waals surface area contributed by atoms with Crippen molar-refractivity contribution in [1.82, 2.24) is 4.98 Å². The number of benzene rings is 1. The zero-order valence-electron chi connectivity index (χ0n) is 10.2. The van der Waals surface area contributed by atoms with Gasteiger partial charge in [0.2, 0.25) is 0 Å². The van der Waals surface area contributed by atoms with Crippen LogP contribution in [0.5, 0.6) is 5.75 Å². The first-order valence-corrected chi connectivity index (χ1v) is 5.86. The van der Waals surface area contributed by atoms with Crippen LogP contribution < -0.4 is 10.1 Å². The van der Waals surface area contributed by atoms with Crippen LogP contribution in [0, 0.1) is 5.82 Å². The average Bonchev–Trinajstić information content (AvgIpc) is 2.40. The maximum Gasteiger partial charge on any atom is 0.169 e. The Labute approximate surface area is 106 Å². The van der Waals surface area contributed by atoms with E-state index in [-0.39, 0.29) is 5.82 Å². The van der Waals surface area contributed by atoms with E-state index in [9.17, 15) is 4.39 Å². The van der Waals surface area contributed by atoms with E-state index >= 15 is 0 Å². The highest BCUT2D eigenvalue weighted by molar-refractivity contribution is 5.49. The molecule has 0 fully saturated rings. The minimum atomic E-state index is -0.223. The van der Waals surface area contributed by atoms with Gasteiger partial charge in [-0.15, -0.1) is 0 Å². The molecule has 0 spiro atoms. The van der Waals surface area contributed by atoms with Crippen LogP contribution in [0.25, 0.3) is 0 Å². The molecule has 1 aromatic heterocycles. The zero-order chi connectivity index (χ0) is 12.8. The first-order valence-electron chi connectivity index (χ1n) is 5.86. The van der Waals surface area contributed by atoms with E-state index in [1.54, 1.807) is 24.4 Å². The number of hydrogen-bond acceptors (Lipinski definition) is 3. The number of pyridine rings is 1. The number of halogens is 1. The summed E-state index contributed by atoms with van der Waals surface area (Å²) >= 11 is 0. The van der Waals surface area contributed by atoms with Crippen molar-refractivity contribution >= 4 is 5.82 Å². The molecular formula is C14H15FN2O. The van der Waals surface area contributed by atoms with Gasteiger partial charge in [-0.05, 0) is 25.1 Å². The Morgan fingerprint density at radius 1 is 1.22 bits per heavy atom. The quantitative estimate of drug-likeness (QED) is 0.879. The second-order valence-corrected chi connectivity index (χ2v) is 3.73. The summed E-state index contributed by atoms with van der Waals surface area (Å²) in [6.45, 7) is 2.86. The molecule has 0 unspecified atom stereocenters. The fraction of sp³-hybridized carbons (Fsp3) is 0.214. The largest absolute Gasteiger partial charge is 0.490 e. The van der Waals surface area contributed by atoms with Crippen LogP contribution in [0.3, 0.4) is 0 Å². The molecule has 0 aliphatic rings. The molecule has 94 valence electrons. The van der Waals surface area contributed by atoms with Gasteiger partial charge in [-0.1, -0.05) is 18.2 Å². The van der Waals surface area contributed by atoms with Gasteiger partial charge in [-0.25, -0.2) is 9.37 Å². The second kappa shape index (κ2) is 6.00. The zero-order valence-corrected chi connectivity index (χ0v) is 10.2. The maximum atomic E-state index is 13.4. The van der Waals surface area contributed by atoms with E-state index in [1.807, 2.05) is 19.1 Å². The summed E-state index contributed by atoms with van der Waals surface area (Å²) in [5.74, 6) is 1.08. The Balaban J connectivity index is 2.08. The summed E-state index contributed by atoms with van der Waals surface area (Å²) in [5.41, 5.74) is 0.602. The Hall–Kier alpha value is -2.10. The minimum Gasteiger partial charge on any atom is -0.490 e. The SMILES string of the molecule is CCOc1cccnc1NCc1ccccc1F. The first-order chi connectivity index (χ1) is 8.81. The number of nitrogens with zero attached hydrogens (tertiary/aromatic N) is 1. The molecule has 0 atom stereocenters. The molecular weight excluding hydrogens is 231 g/mol. The number of nitrogens with one attached hydrogen (secondary N) is 1. The number of aromatic nitrogens is 1. The molecule has 0 aliphatic carbocycles. The Kier molecular flexibility index (Phi) is 4.12. The van der Waals surface area contributed by atoms with E-state index in [0.717, 1.165) is 0 Å². The van der Waals surface area contributed by atoms with Crippen LogP contribution in [0.4, 0.5) is 10.2 Å². The lowest BCUT2D eigenvalue weighted by molar-refractivity contribution is 0.340. The van der Waals surface area contributed by atoms with Gasteiger partial charge >= 0.3 is 0 Å². The average molecular weight is 246 g/mol. The third kappa shape index (κ3) is 2.97. The van der Waals surface area contributed by atoms with Gasteiger partial charge < -0.3 is 10.1 Å². The third-order valence-electron chi connectivity index (χ3n) is 2.47. The van der Waals surface area contributed by atoms with Gasteiger partial charge in [0.15, 0.2) is 11.6 Å². The van der Waals surface area contributed by atoms with E-state index in [0.29, 0.717) is 30.3 Å². The van der Waals surface area contributed by atoms with Crippen molar-refractivity contribution in [3.63, 3.8) is 0 Å². The van der Waals surface area contributed by atoms with E-state index in [2.05, 4.69) is 10.3 Å². The van der Waals surface area contributed by atoms with Gasteiger partial charge in [0.1, 0.15) is 5.82 Å². The van der Waals surface area contributed by atoms with Crippen molar-refractivity contribution in [2.45, 2.75) is 13.5 Å². The molecule has 0 amide bonds. The summed E-state index contributed by atoms with van der Waals surface area (Å²) in [6, 6.07) is 10.3. The molecule has 0 radical (unpaired) electrons. The van der Waals surface area contributed by atoms with Crippen LogP contribution in [-0.2, 0) is 6.54 Å². The highest BCUT2D eigenvalue weighted by atomic mass is 19.1. The highest BCUT2D eigenvalue weighted by Gasteiger charge is 2.05. The molecule has 1 heterocycles. The van der Waals surface area contributed by atoms with Crippen LogP contribution in [0.2, 0.25) is 0 Å². The summed E-state index contributed by atoms with van der Waals surface area (Å²) in [5, 5.41) is 3.08. The van der Waals surface area contributed by atoms with Gasteiger partial charge in [0.25, 0.3) is 0 Å². The lowest BCUT2D eigenvalue weighted by atomic mass is 10.2. The van der Waals surface area contributed by atoms with Crippen molar-refractivity contribution in [3.8, 4) is 5.75 Å². The van der Waals surface area contributed by atoms with Gasteiger partial charge in [0, 0.05) is 18.3 Å². The summed E-state index contributed by atoms with van der Waals surface area (Å²) in [7, 11) is 0. The Morgan fingerprint density at radius 2 is 2.06 bits per heavy atom. The van der Waals surface area contributed by atoms with Crippen molar-refractivity contribution in [2.24, 2.45) is 0 Å². The molecule has 0 saturated heterocycles. The third-order valence-corrected chi connectivity index (χ3v) is 2.47. The van der Waals surface area contributed by atoms with Crippen molar-refractivity contribution in [1.29, 1.82) is 0 Å². The van der Waals surface area contributed by atoms with Crippen LogP contribution in [0.15, 0.2) is 42.6 Å². The normalized spacial score (nSPS) is 10.1. The summed E-state index contributed by atoms with van der Waals surface area (Å²) < 4.78 is 18.9. The minimum absolute atomic E-state index is 0.223. The summed E-state index contributed by atoms with van der Waals surface area (Å²) in [6.07, 6.45) is 1.67. The molecule has 0 aliphatic heterocycles. The number of ether oxygens (including phenoxy) is 1. The van der Waals surface area contributed by atoms with E-state index < -0.39 is 0 Å². The maximum absolute atomic E-state index is 13.4. The van der Waals surface area contributed by atoms with E-state index in [1.165, 1.54) is 6.07 Å². The monoisotopic (exact) mass is 246 g/mol. The lowest BCUT2D eigenvalue weighted by Crippen LogP contribution is -2.05. The molecule has 2 aromatic rings. The van der Waals surface area contributed by atoms with Crippen LogP contribution in [0.1, 0.15) is 12.5 Å². The Morgan fingerprint density at radius 3 is 2.83 bits per heavy atom. The Bertz CT molecular complexity index is 517. The fourth-order valence-corrected chi connectivity index (χ4v) is 1.62. The molecule has 3 nitrogen and oxygen atoms in total. The topological polar surface area (TPSA) is 34.1 Å². The van der Waals surface area contributed by atoms with Gasteiger partial charge in [0.05, 0.1) is 6.61 Å². The summed E-state index contributed by atoms with van der Waals surface area (Å²) in [4.78, 5) is 4.18. The number of anilines is 1. The second-order valence-electron chi connectivity index (χ2n) is 3.73. The molecule has 0 saturated carbocycles. The highest BCUT2D eigenvalue weighted by Crippen LogP contribution is 2.21. The molecule has 0 bridgehead atoms. The van der Waals surface area contributed by atoms with Gasteiger partial charge in [-0.2, -0.15) is 0 Å². The van der Waals surface area contributed by atoms with Crippen LogP contribution >= 0.6 is 0 Å². The predicted octanol–water partition coefficient (Wildman–Crippen LogP) is 3.23. The first kappa shape index (κ1) is 12.4. The van der Waals surface area contributed by atoms with E-state index in [4.69, 9.17) is 4.74 Å². The molecule has 2 rings (SSSR count). The van der Waals surface area contributed by atoms with Crippen molar-refractivity contribution in [3.05, 3.63) is 54.0 Å². The van der Waals surface area contributed by atoms with Crippen molar-refractivity contribution < 1.29 is 9.13 Å². The predicted molar refractivity (Wildman–Crippen MR) is 69.1 cm³/mol. The number of rotatable bonds is 5. The van der Waals surface area contributed by atoms with Gasteiger partial charge in [-0.3, -0.25) is 0 Å². The smallest absolute Gasteiger partial charge is 0.169 e. The van der Waals surface area contributed by atoms with Crippen molar-refractivity contribution in [2.75, 3.05) is 11.9 Å². The molecule has 1 aromatic carbocycles. The van der Waals surface area contributed by atoms with Crippen LogP contribution in [-0.4, -0.2) is 11.6 Å². The number of hydrogen-bond donors (Lipinski definition) is 1. The standard InChI is InChI=1S/C14H15FN2O/c1-2-18-13-8-5-9-16-14(13)17-10-11-6-3-4-7-12(11)15/h3-9H,2,10H2,1H3,(H,16,17). The molecule has 4 heteroatoms. The molecule has 18 heavy (non-hydrogen) atoms. The lowest BCUT2D eigenvalue weighted by Gasteiger charge is -2.11. The fourth-order valence-electron chi connectivity index (χ4n) is 1.62.